The number of nitrogens with two attached hydrogens (primary N) is 2. The predicted molar refractivity (Wildman–Crippen MR) is 66.7 cm³/mol. The SMILES string of the molecule is Nc1cc(CCCCOCP(=O)(O)O)nc(N)n1. The summed E-state index contributed by atoms with van der Waals surface area (Å²) in [5.41, 5.74) is 11.7. The Balaban J connectivity index is 2.20. The molecule has 0 radical (unpaired) electrons. The van der Waals surface area contributed by atoms with E-state index in [4.69, 9.17) is 26.0 Å². The van der Waals surface area contributed by atoms with Crippen LogP contribution in [-0.2, 0) is 15.7 Å². The van der Waals surface area contributed by atoms with Crippen molar-refractivity contribution in [3.63, 3.8) is 0 Å². The van der Waals surface area contributed by atoms with Crippen molar-refractivity contribution in [2.24, 2.45) is 0 Å². The Hall–Kier alpha value is -1.21. The van der Waals surface area contributed by atoms with Crippen molar-refractivity contribution in [2.45, 2.75) is 19.3 Å². The monoisotopic (exact) mass is 276 g/mol. The summed E-state index contributed by atoms with van der Waals surface area (Å²) in [6.45, 7) is 0.293. The van der Waals surface area contributed by atoms with Crippen molar-refractivity contribution < 1.29 is 19.1 Å². The lowest BCUT2D eigenvalue weighted by atomic mass is 10.2. The first-order valence-corrected chi connectivity index (χ1v) is 7.18. The summed E-state index contributed by atoms with van der Waals surface area (Å²) in [7, 11) is -4.06. The Labute approximate surface area is 105 Å². The summed E-state index contributed by atoms with van der Waals surface area (Å²) < 4.78 is 15.3. The van der Waals surface area contributed by atoms with Gasteiger partial charge in [-0.25, -0.2) is 4.98 Å². The third-order valence-corrected chi connectivity index (χ3v) is 2.57. The number of anilines is 2. The van der Waals surface area contributed by atoms with E-state index in [2.05, 4.69) is 9.97 Å². The van der Waals surface area contributed by atoms with Gasteiger partial charge in [-0.2, -0.15) is 4.98 Å². The van der Waals surface area contributed by atoms with Gasteiger partial charge in [-0.1, -0.05) is 0 Å². The zero-order valence-electron chi connectivity index (χ0n) is 9.82. The van der Waals surface area contributed by atoms with Crippen LogP contribution in [0.3, 0.4) is 0 Å². The van der Waals surface area contributed by atoms with Gasteiger partial charge >= 0.3 is 7.60 Å². The van der Waals surface area contributed by atoms with Gasteiger partial charge in [-0.15, -0.1) is 0 Å². The molecule has 18 heavy (non-hydrogen) atoms. The highest BCUT2D eigenvalue weighted by molar-refractivity contribution is 7.51. The first-order chi connectivity index (χ1) is 8.37. The maximum atomic E-state index is 10.5. The van der Waals surface area contributed by atoms with Crippen LogP contribution in [0.4, 0.5) is 11.8 Å². The zero-order chi connectivity index (χ0) is 13.6. The van der Waals surface area contributed by atoms with E-state index in [1.54, 1.807) is 6.07 Å². The largest absolute Gasteiger partial charge is 0.384 e. The third-order valence-electron chi connectivity index (χ3n) is 2.05. The van der Waals surface area contributed by atoms with Crippen molar-refractivity contribution in [1.29, 1.82) is 0 Å². The molecule has 0 amide bonds. The molecule has 0 aliphatic rings. The van der Waals surface area contributed by atoms with Crippen LogP contribution >= 0.6 is 7.60 Å². The number of unbranched alkanes of at least 4 members (excludes halogenated alkanes) is 1. The molecule has 8 nitrogen and oxygen atoms in total. The molecule has 0 spiro atoms. The molecule has 0 saturated carbocycles. The average Bonchev–Trinajstić information content (AvgIpc) is 2.20. The van der Waals surface area contributed by atoms with Gasteiger partial charge in [0.05, 0.1) is 0 Å². The van der Waals surface area contributed by atoms with Crippen LogP contribution in [-0.4, -0.2) is 32.7 Å². The van der Waals surface area contributed by atoms with Crippen LogP contribution in [0.2, 0.25) is 0 Å². The molecule has 1 rings (SSSR count). The molecule has 0 aliphatic heterocycles. The molecule has 0 bridgehead atoms. The standard InChI is InChI=1S/C9H17N4O4P/c10-8-5-7(12-9(11)13-8)3-1-2-4-17-6-18(14,15)16/h5H,1-4,6H2,(H2,14,15,16)(H4,10,11,12,13). The van der Waals surface area contributed by atoms with Gasteiger partial charge in [-0.3, -0.25) is 4.57 Å². The Morgan fingerprint density at radius 1 is 1.28 bits per heavy atom. The highest BCUT2D eigenvalue weighted by Crippen LogP contribution is 2.33. The summed E-state index contributed by atoms with van der Waals surface area (Å²) in [6, 6.07) is 1.65. The molecule has 0 unspecified atom stereocenters. The number of aryl methyl sites for hydroxylation is 1. The van der Waals surface area contributed by atoms with E-state index in [0.29, 0.717) is 25.3 Å². The Morgan fingerprint density at radius 2 is 2.00 bits per heavy atom. The minimum Gasteiger partial charge on any atom is -0.384 e. The third kappa shape index (κ3) is 6.51. The smallest absolute Gasteiger partial charge is 0.350 e. The summed E-state index contributed by atoms with van der Waals surface area (Å²) >= 11 is 0. The summed E-state index contributed by atoms with van der Waals surface area (Å²) in [6.07, 6.45) is 1.55. The second-order valence-electron chi connectivity index (χ2n) is 3.80. The van der Waals surface area contributed by atoms with Crippen LogP contribution in [0.5, 0.6) is 0 Å². The highest BCUT2D eigenvalue weighted by Gasteiger charge is 2.11. The quantitative estimate of drug-likeness (QED) is 0.405. The zero-order valence-corrected chi connectivity index (χ0v) is 10.7. The molecule has 0 fully saturated rings. The first kappa shape index (κ1) is 14.8. The second-order valence-corrected chi connectivity index (χ2v) is 5.39. The fourth-order valence-corrected chi connectivity index (χ4v) is 1.73. The van der Waals surface area contributed by atoms with Crippen molar-refractivity contribution in [3.05, 3.63) is 11.8 Å². The van der Waals surface area contributed by atoms with Crippen LogP contribution in [0, 0.1) is 0 Å². The number of aromatic nitrogens is 2. The number of hydrogen-bond acceptors (Lipinski definition) is 6. The Bertz CT molecular complexity index is 416. The molecule has 1 heterocycles. The van der Waals surface area contributed by atoms with E-state index in [-0.39, 0.29) is 5.95 Å². The number of nitrogen functional groups attached to an aromatic ring is 2. The summed E-state index contributed by atoms with van der Waals surface area (Å²) in [5.74, 6) is 0.470. The van der Waals surface area contributed by atoms with E-state index in [1.807, 2.05) is 0 Å². The molecule has 0 aliphatic carbocycles. The van der Waals surface area contributed by atoms with Gasteiger partial charge in [0.1, 0.15) is 12.2 Å². The van der Waals surface area contributed by atoms with E-state index < -0.39 is 13.9 Å². The summed E-state index contributed by atoms with van der Waals surface area (Å²) in [5, 5.41) is 0. The summed E-state index contributed by atoms with van der Waals surface area (Å²) in [4.78, 5) is 24.9. The lowest BCUT2D eigenvalue weighted by molar-refractivity contribution is 0.153. The fraction of sp³-hybridized carbons (Fsp3) is 0.556. The van der Waals surface area contributed by atoms with Crippen LogP contribution in [0.1, 0.15) is 18.5 Å². The molecule has 0 atom stereocenters. The van der Waals surface area contributed by atoms with E-state index >= 15 is 0 Å². The van der Waals surface area contributed by atoms with Crippen LogP contribution in [0.15, 0.2) is 6.07 Å². The number of rotatable bonds is 7. The minimum atomic E-state index is -4.06. The number of ether oxygens (including phenoxy) is 1. The van der Waals surface area contributed by atoms with Crippen molar-refractivity contribution in [1.82, 2.24) is 9.97 Å². The Morgan fingerprint density at radius 3 is 2.61 bits per heavy atom. The molecule has 102 valence electrons. The van der Waals surface area contributed by atoms with Crippen LogP contribution < -0.4 is 11.5 Å². The molecular weight excluding hydrogens is 259 g/mol. The molecule has 0 aromatic carbocycles. The van der Waals surface area contributed by atoms with Crippen molar-refractivity contribution in [2.75, 3.05) is 24.4 Å². The van der Waals surface area contributed by atoms with Crippen LogP contribution in [0.25, 0.3) is 0 Å². The fourth-order valence-electron chi connectivity index (χ4n) is 1.36. The lowest BCUT2D eigenvalue weighted by Gasteiger charge is -2.06. The van der Waals surface area contributed by atoms with E-state index in [9.17, 15) is 4.57 Å². The maximum absolute atomic E-state index is 10.5. The van der Waals surface area contributed by atoms with Crippen molar-refractivity contribution >= 4 is 19.4 Å². The lowest BCUT2D eigenvalue weighted by Crippen LogP contribution is -2.03. The van der Waals surface area contributed by atoms with E-state index in [0.717, 1.165) is 12.1 Å². The molecule has 9 heteroatoms. The van der Waals surface area contributed by atoms with Gasteiger partial charge in [-0.05, 0) is 19.3 Å². The van der Waals surface area contributed by atoms with Crippen molar-refractivity contribution in [3.8, 4) is 0 Å². The highest BCUT2D eigenvalue weighted by atomic mass is 31.2. The van der Waals surface area contributed by atoms with E-state index in [1.165, 1.54) is 0 Å². The minimum absolute atomic E-state index is 0.141. The molecule has 1 aromatic rings. The van der Waals surface area contributed by atoms with Gasteiger partial charge in [0.2, 0.25) is 5.95 Å². The molecular formula is C9H17N4O4P. The first-order valence-electron chi connectivity index (χ1n) is 5.38. The average molecular weight is 276 g/mol. The van der Waals surface area contributed by atoms with Gasteiger partial charge in [0.25, 0.3) is 0 Å². The van der Waals surface area contributed by atoms with Gasteiger partial charge in [0.15, 0.2) is 0 Å². The molecule has 6 N–H and O–H groups in total. The Kier molecular flexibility index (Phi) is 5.49. The topological polar surface area (TPSA) is 145 Å². The van der Waals surface area contributed by atoms with Gasteiger partial charge in [0, 0.05) is 18.4 Å². The molecule has 1 aromatic heterocycles. The number of nitrogens with zero attached hydrogens (tertiary/aromatic N) is 2. The second kappa shape index (κ2) is 6.65. The predicted octanol–water partition coefficient (Wildman–Crippen LogP) is 0.115. The maximum Gasteiger partial charge on any atom is 0.350 e. The van der Waals surface area contributed by atoms with Gasteiger partial charge < -0.3 is 26.0 Å². The number of hydrogen-bond donors (Lipinski definition) is 4. The normalized spacial score (nSPS) is 11.7. The molecule has 0 saturated heterocycles.